The van der Waals surface area contributed by atoms with Crippen LogP contribution >= 0.6 is 11.3 Å². The number of nitrogens with one attached hydrogen (secondary N) is 2. The molecule has 0 saturated heterocycles. The molecule has 0 radical (unpaired) electrons. The predicted octanol–water partition coefficient (Wildman–Crippen LogP) is 2.69. The zero-order chi connectivity index (χ0) is 23.5. The number of carbonyl (C=O) groups excluding carboxylic acids is 1. The van der Waals surface area contributed by atoms with E-state index in [1.165, 1.54) is 25.3 Å². The van der Waals surface area contributed by atoms with E-state index in [-0.39, 0.29) is 26.9 Å². The third kappa shape index (κ3) is 5.65. The molecule has 4 N–H and O–H groups in total. The van der Waals surface area contributed by atoms with Crippen molar-refractivity contribution < 1.29 is 26.4 Å². The molecule has 12 heteroatoms. The highest BCUT2D eigenvalue weighted by molar-refractivity contribution is 7.92. The van der Waals surface area contributed by atoms with Crippen molar-refractivity contribution in [3.63, 3.8) is 0 Å². The average molecular weight is 496 g/mol. The van der Waals surface area contributed by atoms with Crippen LogP contribution in [0.25, 0.3) is 0 Å². The summed E-state index contributed by atoms with van der Waals surface area (Å²) in [5.74, 6) is -0.0642. The van der Waals surface area contributed by atoms with Crippen LogP contribution in [0.15, 0.2) is 63.7 Å². The van der Waals surface area contributed by atoms with Crippen LogP contribution < -0.4 is 19.9 Å². The molecule has 0 aliphatic carbocycles. The highest BCUT2D eigenvalue weighted by atomic mass is 32.2. The van der Waals surface area contributed by atoms with E-state index < -0.39 is 26.0 Å². The van der Waals surface area contributed by atoms with Gasteiger partial charge in [0.2, 0.25) is 15.9 Å². The van der Waals surface area contributed by atoms with E-state index in [9.17, 15) is 21.6 Å². The Labute approximate surface area is 190 Å². The van der Waals surface area contributed by atoms with Crippen LogP contribution in [0.1, 0.15) is 10.4 Å². The van der Waals surface area contributed by atoms with Crippen LogP contribution in [-0.4, -0.2) is 29.9 Å². The lowest BCUT2D eigenvalue weighted by Crippen LogP contribution is -2.17. The van der Waals surface area contributed by atoms with Gasteiger partial charge in [-0.1, -0.05) is 18.2 Å². The molecule has 32 heavy (non-hydrogen) atoms. The van der Waals surface area contributed by atoms with Gasteiger partial charge < -0.3 is 10.1 Å². The first-order valence-electron chi connectivity index (χ1n) is 9.17. The van der Waals surface area contributed by atoms with Gasteiger partial charge in [-0.2, -0.15) is 0 Å². The van der Waals surface area contributed by atoms with E-state index in [0.717, 1.165) is 11.3 Å². The Hall–Kier alpha value is -2.93. The molecule has 1 heterocycles. The molecule has 0 aliphatic rings. The fourth-order valence-corrected chi connectivity index (χ4v) is 5.99. The molecule has 9 nitrogen and oxygen atoms in total. The molecule has 0 aliphatic heterocycles. The summed E-state index contributed by atoms with van der Waals surface area (Å²) in [6.07, 6.45) is -0.0877. The number of carbonyl (C=O) groups is 1. The van der Waals surface area contributed by atoms with Crippen LogP contribution in [0.5, 0.6) is 5.75 Å². The van der Waals surface area contributed by atoms with Gasteiger partial charge >= 0.3 is 0 Å². The number of thiophene rings is 1. The van der Waals surface area contributed by atoms with Gasteiger partial charge in [-0.3, -0.25) is 9.52 Å². The largest absolute Gasteiger partial charge is 0.495 e. The number of rotatable bonds is 8. The number of ether oxygens (including phenoxy) is 1. The second-order valence-corrected chi connectivity index (χ2v) is 11.4. The maximum absolute atomic E-state index is 13.0. The van der Waals surface area contributed by atoms with Crippen molar-refractivity contribution in [1.29, 1.82) is 0 Å². The monoisotopic (exact) mass is 495 g/mol. The molecular weight excluding hydrogens is 474 g/mol. The lowest BCUT2D eigenvalue weighted by Gasteiger charge is -2.14. The first-order chi connectivity index (χ1) is 15.0. The molecule has 0 fully saturated rings. The summed E-state index contributed by atoms with van der Waals surface area (Å²) < 4.78 is 56.3. The standard InChI is InChI=1S/C20H21N3O6S3/c1-13-7-8-14(22-19(24)12-15-9-10-20(30-15)31(21,25)26)11-18(13)32(27,28)23-16-5-3-4-6-17(16)29-2/h3-11,23H,12H2,1-2H3,(H,22,24)(H2,21,25,26). The number of hydrogen-bond acceptors (Lipinski definition) is 7. The molecule has 0 atom stereocenters. The van der Waals surface area contributed by atoms with Crippen molar-refractivity contribution in [2.45, 2.75) is 22.4 Å². The molecule has 1 amide bonds. The van der Waals surface area contributed by atoms with Gasteiger partial charge in [-0.25, -0.2) is 22.0 Å². The van der Waals surface area contributed by atoms with Gasteiger partial charge in [0, 0.05) is 10.6 Å². The number of aryl methyl sites for hydroxylation is 1. The van der Waals surface area contributed by atoms with Crippen LogP contribution in [-0.2, 0) is 31.3 Å². The van der Waals surface area contributed by atoms with Gasteiger partial charge in [0.1, 0.15) is 9.96 Å². The first-order valence-corrected chi connectivity index (χ1v) is 13.0. The Morgan fingerprint density at radius 2 is 1.78 bits per heavy atom. The summed E-state index contributed by atoms with van der Waals surface area (Å²) in [5, 5.41) is 7.72. The van der Waals surface area contributed by atoms with E-state index in [2.05, 4.69) is 10.0 Å². The molecule has 170 valence electrons. The molecule has 3 rings (SSSR count). The number of methoxy groups -OCH3 is 1. The Balaban J connectivity index is 1.79. The third-order valence-electron chi connectivity index (χ3n) is 4.36. The number of amides is 1. The molecular formula is C20H21N3O6S3. The molecule has 2 aromatic carbocycles. The van der Waals surface area contributed by atoms with Crippen molar-refractivity contribution >= 4 is 48.7 Å². The topological polar surface area (TPSA) is 145 Å². The van der Waals surface area contributed by atoms with Gasteiger partial charge in [-0.05, 0) is 48.9 Å². The zero-order valence-electron chi connectivity index (χ0n) is 17.2. The second-order valence-electron chi connectivity index (χ2n) is 6.78. The van der Waals surface area contributed by atoms with Crippen LogP contribution in [0, 0.1) is 6.92 Å². The smallest absolute Gasteiger partial charge is 0.262 e. The van der Waals surface area contributed by atoms with Gasteiger partial charge in [0.25, 0.3) is 10.0 Å². The summed E-state index contributed by atoms with van der Waals surface area (Å²) >= 11 is 0.902. The number of sulfonamides is 2. The normalized spacial score (nSPS) is 11.7. The third-order valence-corrected chi connectivity index (χ3v) is 8.40. The maximum atomic E-state index is 13.0. The summed E-state index contributed by atoms with van der Waals surface area (Å²) in [6.45, 7) is 1.64. The lowest BCUT2D eigenvalue weighted by molar-refractivity contribution is -0.115. The number of anilines is 2. The van der Waals surface area contributed by atoms with E-state index in [1.807, 2.05) is 0 Å². The minimum Gasteiger partial charge on any atom is -0.495 e. The lowest BCUT2D eigenvalue weighted by atomic mass is 10.2. The number of nitrogens with two attached hydrogens (primary N) is 1. The van der Waals surface area contributed by atoms with Crippen molar-refractivity contribution in [3.05, 3.63) is 65.0 Å². The van der Waals surface area contributed by atoms with Crippen LogP contribution in [0.4, 0.5) is 11.4 Å². The molecule has 1 aromatic heterocycles. The Kier molecular flexibility index (Phi) is 6.88. The molecule has 0 spiro atoms. The van der Waals surface area contributed by atoms with Crippen molar-refractivity contribution in [2.75, 3.05) is 17.1 Å². The quantitative estimate of drug-likeness (QED) is 0.438. The van der Waals surface area contributed by atoms with Crippen LogP contribution in [0.2, 0.25) is 0 Å². The number of hydrogen-bond donors (Lipinski definition) is 3. The number of para-hydroxylation sites is 2. The van der Waals surface area contributed by atoms with E-state index in [1.54, 1.807) is 43.3 Å². The Morgan fingerprint density at radius 3 is 2.44 bits per heavy atom. The molecule has 0 unspecified atom stereocenters. The van der Waals surface area contributed by atoms with Gasteiger partial charge in [0.15, 0.2) is 0 Å². The van der Waals surface area contributed by atoms with Crippen molar-refractivity contribution in [2.24, 2.45) is 5.14 Å². The van der Waals surface area contributed by atoms with E-state index in [0.29, 0.717) is 16.2 Å². The highest BCUT2D eigenvalue weighted by Crippen LogP contribution is 2.28. The van der Waals surface area contributed by atoms with E-state index >= 15 is 0 Å². The Bertz CT molecular complexity index is 1360. The summed E-state index contributed by atoms with van der Waals surface area (Å²) in [6, 6.07) is 14.0. The highest BCUT2D eigenvalue weighted by Gasteiger charge is 2.20. The molecule has 0 saturated carbocycles. The fourth-order valence-electron chi connectivity index (χ4n) is 2.87. The van der Waals surface area contributed by atoms with Crippen LogP contribution in [0.3, 0.4) is 0 Å². The fraction of sp³-hybridized carbons (Fsp3) is 0.150. The average Bonchev–Trinajstić information content (AvgIpc) is 3.18. The minimum absolute atomic E-state index is 0.00570. The second kappa shape index (κ2) is 9.28. The zero-order valence-corrected chi connectivity index (χ0v) is 19.6. The number of primary sulfonamides is 1. The maximum Gasteiger partial charge on any atom is 0.262 e. The first kappa shape index (κ1) is 23.7. The summed E-state index contributed by atoms with van der Waals surface area (Å²) in [7, 11) is -6.36. The predicted molar refractivity (Wildman–Crippen MR) is 123 cm³/mol. The Morgan fingerprint density at radius 1 is 1.06 bits per heavy atom. The SMILES string of the molecule is COc1ccccc1NS(=O)(=O)c1cc(NC(=O)Cc2ccc(S(N)(=O)=O)s2)ccc1C. The summed E-state index contributed by atoms with van der Waals surface area (Å²) in [5.41, 5.74) is 1.05. The molecule has 0 bridgehead atoms. The van der Waals surface area contributed by atoms with Crippen molar-refractivity contribution in [1.82, 2.24) is 0 Å². The van der Waals surface area contributed by atoms with Gasteiger partial charge in [0.05, 0.1) is 24.1 Å². The molecule has 3 aromatic rings. The summed E-state index contributed by atoms with van der Waals surface area (Å²) in [4.78, 5) is 12.9. The van der Waals surface area contributed by atoms with E-state index in [4.69, 9.17) is 9.88 Å². The number of benzene rings is 2. The minimum atomic E-state index is -3.97. The van der Waals surface area contributed by atoms with Crippen molar-refractivity contribution in [3.8, 4) is 5.75 Å². The van der Waals surface area contributed by atoms with Gasteiger partial charge in [-0.15, -0.1) is 11.3 Å².